The van der Waals surface area contributed by atoms with E-state index < -0.39 is 17.7 Å². The maximum atomic E-state index is 14.3. The Labute approximate surface area is 116 Å². The second-order valence-electron chi connectivity index (χ2n) is 4.59. The first-order valence-corrected chi connectivity index (χ1v) is 6.44. The van der Waals surface area contributed by atoms with Crippen LogP contribution in [-0.4, -0.2) is 4.98 Å². The van der Waals surface area contributed by atoms with Gasteiger partial charge in [-0.3, -0.25) is 10.8 Å². The second-order valence-corrected chi connectivity index (χ2v) is 4.59. The van der Waals surface area contributed by atoms with Crippen LogP contribution in [-0.2, 0) is 6.42 Å². The van der Waals surface area contributed by atoms with Gasteiger partial charge in [0.05, 0.1) is 11.7 Å². The van der Waals surface area contributed by atoms with Crippen LogP contribution in [0.3, 0.4) is 0 Å². The Hall–Kier alpha value is -1.85. The molecule has 0 saturated carbocycles. The zero-order valence-corrected chi connectivity index (χ0v) is 11.5. The van der Waals surface area contributed by atoms with Crippen molar-refractivity contribution >= 4 is 0 Å². The van der Waals surface area contributed by atoms with Gasteiger partial charge in [0.2, 0.25) is 0 Å². The SMILES string of the molecule is CCc1cccnc1C(NN)c1c(F)ccc(C)c1F. The van der Waals surface area contributed by atoms with Crippen molar-refractivity contribution in [2.75, 3.05) is 0 Å². The maximum absolute atomic E-state index is 14.3. The van der Waals surface area contributed by atoms with E-state index in [0.717, 1.165) is 5.56 Å². The van der Waals surface area contributed by atoms with E-state index >= 15 is 0 Å². The summed E-state index contributed by atoms with van der Waals surface area (Å²) < 4.78 is 28.3. The van der Waals surface area contributed by atoms with Gasteiger partial charge in [0.25, 0.3) is 0 Å². The lowest BCUT2D eigenvalue weighted by Gasteiger charge is -2.20. The van der Waals surface area contributed by atoms with Gasteiger partial charge in [0.15, 0.2) is 0 Å². The molecule has 1 unspecified atom stereocenters. The number of benzene rings is 1. The smallest absolute Gasteiger partial charge is 0.134 e. The van der Waals surface area contributed by atoms with Crippen molar-refractivity contribution in [2.24, 2.45) is 5.84 Å². The molecule has 1 atom stereocenters. The highest BCUT2D eigenvalue weighted by Crippen LogP contribution is 2.28. The predicted octanol–water partition coefficient (Wildman–Crippen LogP) is 2.78. The number of hydrazine groups is 1. The lowest BCUT2D eigenvalue weighted by molar-refractivity contribution is 0.500. The van der Waals surface area contributed by atoms with E-state index in [1.165, 1.54) is 12.1 Å². The molecule has 0 aliphatic heterocycles. The summed E-state index contributed by atoms with van der Waals surface area (Å²) in [5.74, 6) is 4.29. The lowest BCUT2D eigenvalue weighted by Crippen LogP contribution is -2.32. The van der Waals surface area contributed by atoms with Crippen molar-refractivity contribution in [3.05, 3.63) is 64.5 Å². The van der Waals surface area contributed by atoms with E-state index in [1.807, 2.05) is 13.0 Å². The fourth-order valence-electron chi connectivity index (χ4n) is 2.25. The summed E-state index contributed by atoms with van der Waals surface area (Å²) >= 11 is 0. The van der Waals surface area contributed by atoms with Crippen molar-refractivity contribution in [3.8, 4) is 0 Å². The monoisotopic (exact) mass is 277 g/mol. The Bertz CT molecular complexity index is 614. The summed E-state index contributed by atoms with van der Waals surface area (Å²) in [6.45, 7) is 3.54. The number of aryl methyl sites for hydroxylation is 2. The standard InChI is InChI=1S/C15H17F2N3/c1-3-10-5-4-8-19-14(10)15(20-18)12-11(16)7-6-9(2)13(12)17/h4-8,15,20H,3,18H2,1-2H3. The van der Waals surface area contributed by atoms with Crippen LogP contribution >= 0.6 is 0 Å². The molecule has 1 aromatic heterocycles. The number of hydrogen-bond donors (Lipinski definition) is 2. The van der Waals surface area contributed by atoms with Crippen molar-refractivity contribution < 1.29 is 8.78 Å². The predicted molar refractivity (Wildman–Crippen MR) is 73.9 cm³/mol. The molecule has 106 valence electrons. The van der Waals surface area contributed by atoms with Gasteiger partial charge in [0, 0.05) is 11.8 Å². The van der Waals surface area contributed by atoms with E-state index in [4.69, 9.17) is 5.84 Å². The fourth-order valence-corrected chi connectivity index (χ4v) is 2.25. The van der Waals surface area contributed by atoms with E-state index in [2.05, 4.69) is 10.4 Å². The van der Waals surface area contributed by atoms with E-state index in [-0.39, 0.29) is 5.56 Å². The first kappa shape index (κ1) is 14.6. The van der Waals surface area contributed by atoms with Crippen molar-refractivity contribution in [1.29, 1.82) is 0 Å². The molecule has 2 aromatic rings. The van der Waals surface area contributed by atoms with E-state index in [1.54, 1.807) is 19.2 Å². The van der Waals surface area contributed by atoms with Crippen LogP contribution in [0, 0.1) is 18.6 Å². The van der Waals surface area contributed by atoms with Gasteiger partial charge >= 0.3 is 0 Å². The molecule has 1 aromatic carbocycles. The summed E-state index contributed by atoms with van der Waals surface area (Å²) in [7, 11) is 0. The zero-order valence-electron chi connectivity index (χ0n) is 11.5. The zero-order chi connectivity index (χ0) is 14.7. The van der Waals surface area contributed by atoms with Crippen LogP contribution in [0.2, 0.25) is 0 Å². The third-order valence-electron chi connectivity index (χ3n) is 3.36. The lowest BCUT2D eigenvalue weighted by atomic mass is 9.96. The molecule has 20 heavy (non-hydrogen) atoms. The van der Waals surface area contributed by atoms with Gasteiger partial charge in [-0.05, 0) is 36.6 Å². The van der Waals surface area contributed by atoms with Crippen molar-refractivity contribution in [2.45, 2.75) is 26.3 Å². The second kappa shape index (κ2) is 6.07. The maximum Gasteiger partial charge on any atom is 0.134 e. The minimum absolute atomic E-state index is 0.0964. The Kier molecular flexibility index (Phi) is 4.42. The average molecular weight is 277 g/mol. The molecule has 0 spiro atoms. The number of halogens is 2. The molecule has 5 heteroatoms. The highest BCUT2D eigenvalue weighted by Gasteiger charge is 2.24. The summed E-state index contributed by atoms with van der Waals surface area (Å²) in [6, 6.07) is 5.50. The normalized spacial score (nSPS) is 12.4. The molecule has 0 amide bonds. The molecule has 3 N–H and O–H groups in total. The van der Waals surface area contributed by atoms with Crippen LogP contribution in [0.1, 0.15) is 35.3 Å². The quantitative estimate of drug-likeness (QED) is 0.667. The van der Waals surface area contributed by atoms with Crippen molar-refractivity contribution in [1.82, 2.24) is 10.4 Å². The first-order chi connectivity index (χ1) is 9.60. The minimum atomic E-state index is -0.814. The molecule has 3 nitrogen and oxygen atoms in total. The van der Waals surface area contributed by atoms with Crippen molar-refractivity contribution in [3.63, 3.8) is 0 Å². The van der Waals surface area contributed by atoms with E-state index in [0.29, 0.717) is 17.7 Å². The average Bonchev–Trinajstić information content (AvgIpc) is 2.47. The van der Waals surface area contributed by atoms with Gasteiger partial charge in [-0.25, -0.2) is 14.2 Å². The third kappa shape index (κ3) is 2.55. The Morgan fingerprint density at radius 3 is 2.70 bits per heavy atom. The summed E-state index contributed by atoms with van der Waals surface area (Å²) in [4.78, 5) is 4.23. The summed E-state index contributed by atoms with van der Waals surface area (Å²) in [5.41, 5.74) is 4.19. The fraction of sp³-hybridized carbons (Fsp3) is 0.267. The number of aromatic nitrogens is 1. The third-order valence-corrected chi connectivity index (χ3v) is 3.36. The largest absolute Gasteiger partial charge is 0.271 e. The van der Waals surface area contributed by atoms with Crippen LogP contribution < -0.4 is 11.3 Å². The Morgan fingerprint density at radius 1 is 1.30 bits per heavy atom. The number of rotatable bonds is 4. The molecule has 1 heterocycles. The molecular formula is C15H17F2N3. The van der Waals surface area contributed by atoms with Crippen LogP contribution in [0.5, 0.6) is 0 Å². The highest BCUT2D eigenvalue weighted by atomic mass is 19.1. The van der Waals surface area contributed by atoms with Gasteiger partial charge in [0.1, 0.15) is 11.6 Å². The number of nitrogens with zero attached hydrogens (tertiary/aromatic N) is 1. The molecular weight excluding hydrogens is 260 g/mol. The molecule has 0 bridgehead atoms. The van der Waals surface area contributed by atoms with Gasteiger partial charge < -0.3 is 0 Å². The van der Waals surface area contributed by atoms with E-state index in [9.17, 15) is 8.78 Å². The highest BCUT2D eigenvalue weighted by molar-refractivity contribution is 5.37. The molecule has 0 aliphatic carbocycles. The molecule has 0 fully saturated rings. The number of nitrogens with one attached hydrogen (secondary N) is 1. The van der Waals surface area contributed by atoms with Gasteiger partial charge in [-0.1, -0.05) is 19.1 Å². The molecule has 0 radical (unpaired) electrons. The van der Waals surface area contributed by atoms with Gasteiger partial charge in [-0.15, -0.1) is 0 Å². The number of hydrogen-bond acceptors (Lipinski definition) is 3. The summed E-state index contributed by atoms with van der Waals surface area (Å²) in [5, 5.41) is 0. The topological polar surface area (TPSA) is 50.9 Å². The Morgan fingerprint density at radius 2 is 2.05 bits per heavy atom. The first-order valence-electron chi connectivity index (χ1n) is 6.44. The molecule has 0 aliphatic rings. The summed E-state index contributed by atoms with van der Waals surface area (Å²) in [6.07, 6.45) is 2.29. The van der Waals surface area contributed by atoms with Crippen LogP contribution in [0.15, 0.2) is 30.5 Å². The van der Waals surface area contributed by atoms with Crippen LogP contribution in [0.4, 0.5) is 8.78 Å². The number of pyridine rings is 1. The molecule has 0 saturated heterocycles. The Balaban J connectivity index is 2.62. The number of nitrogens with two attached hydrogens (primary N) is 1. The molecule has 2 rings (SSSR count). The van der Waals surface area contributed by atoms with Crippen LogP contribution in [0.25, 0.3) is 0 Å². The van der Waals surface area contributed by atoms with Gasteiger partial charge in [-0.2, -0.15) is 0 Å². The minimum Gasteiger partial charge on any atom is -0.271 e.